The predicted molar refractivity (Wildman–Crippen MR) is 47.3 cm³/mol. The molecule has 1 atom stereocenters. The van der Waals surface area contributed by atoms with Crippen molar-refractivity contribution in [3.8, 4) is 0 Å². The van der Waals surface area contributed by atoms with Crippen LogP contribution in [0.25, 0.3) is 0 Å². The van der Waals surface area contributed by atoms with Crippen LogP contribution in [0.1, 0.15) is 33.6 Å². The Morgan fingerprint density at radius 1 is 1.54 bits per heavy atom. The fraction of sp³-hybridized carbons (Fsp3) is 0.778. The van der Waals surface area contributed by atoms with Crippen LogP contribution in [0.2, 0.25) is 0 Å². The molecule has 4 nitrogen and oxygen atoms in total. The first-order chi connectivity index (χ1) is 5.84. The summed E-state index contributed by atoms with van der Waals surface area (Å²) in [4.78, 5) is 23.7. The number of rotatable bonds is 1. The van der Waals surface area contributed by atoms with Crippen LogP contribution >= 0.6 is 0 Å². The van der Waals surface area contributed by atoms with Gasteiger partial charge in [-0.05, 0) is 27.2 Å². The van der Waals surface area contributed by atoms with Crippen molar-refractivity contribution >= 4 is 11.9 Å². The van der Waals surface area contributed by atoms with Crippen LogP contribution < -0.4 is 0 Å². The number of carbonyl (C=O) groups excluding carboxylic acids is 1. The quantitative estimate of drug-likeness (QED) is 0.659. The molecule has 0 spiro atoms. The number of likely N-dealkylation sites (tertiary alicyclic amines) is 1. The van der Waals surface area contributed by atoms with Crippen LogP contribution in [0.5, 0.6) is 0 Å². The number of hydrogen-bond acceptors (Lipinski definition) is 2. The van der Waals surface area contributed by atoms with Crippen molar-refractivity contribution in [1.29, 1.82) is 0 Å². The molecule has 0 aromatic carbocycles. The van der Waals surface area contributed by atoms with Gasteiger partial charge in [-0.1, -0.05) is 0 Å². The molecule has 0 radical (unpaired) electrons. The molecule has 0 aromatic rings. The van der Waals surface area contributed by atoms with E-state index in [-0.39, 0.29) is 5.91 Å². The Morgan fingerprint density at radius 3 is 2.38 bits per heavy atom. The number of aliphatic carboxylic acids is 1. The number of hydrogen-bond donors (Lipinski definition) is 1. The lowest BCUT2D eigenvalue weighted by Crippen LogP contribution is -2.49. The molecule has 1 fully saturated rings. The average molecular weight is 185 g/mol. The molecule has 1 unspecified atom stereocenters. The summed E-state index contributed by atoms with van der Waals surface area (Å²) in [6.07, 6.45) is 0.791. The highest BCUT2D eigenvalue weighted by Gasteiger charge is 2.41. The first kappa shape index (κ1) is 10.0. The molecule has 1 aliphatic rings. The minimum atomic E-state index is -0.902. The van der Waals surface area contributed by atoms with Crippen LogP contribution in [0, 0.1) is 0 Å². The van der Waals surface area contributed by atoms with Crippen molar-refractivity contribution < 1.29 is 14.7 Å². The zero-order chi connectivity index (χ0) is 10.2. The average Bonchev–Trinajstić information content (AvgIpc) is 2.28. The first-order valence-electron chi connectivity index (χ1n) is 4.39. The lowest BCUT2D eigenvalue weighted by molar-refractivity contribution is -0.149. The van der Waals surface area contributed by atoms with E-state index in [1.54, 1.807) is 0 Å². The molecular formula is C9H15NO3. The van der Waals surface area contributed by atoms with Crippen molar-refractivity contribution in [3.63, 3.8) is 0 Å². The van der Waals surface area contributed by atoms with Gasteiger partial charge in [0.05, 0.1) is 0 Å². The molecule has 4 heteroatoms. The van der Waals surface area contributed by atoms with Crippen molar-refractivity contribution in [2.45, 2.75) is 45.2 Å². The molecule has 1 N–H and O–H groups in total. The van der Waals surface area contributed by atoms with Crippen LogP contribution in [0.3, 0.4) is 0 Å². The normalized spacial score (nSPS) is 23.8. The van der Waals surface area contributed by atoms with Crippen molar-refractivity contribution in [2.75, 3.05) is 0 Å². The smallest absolute Gasteiger partial charge is 0.326 e. The summed E-state index contributed by atoms with van der Waals surface area (Å²) in [7, 11) is 0. The third kappa shape index (κ3) is 1.82. The Kier molecular flexibility index (Phi) is 2.32. The number of carboxylic acids is 1. The monoisotopic (exact) mass is 185 g/mol. The Hall–Kier alpha value is -1.06. The summed E-state index contributed by atoms with van der Waals surface area (Å²) in [5.41, 5.74) is -0.392. The molecule has 1 aliphatic heterocycles. The van der Waals surface area contributed by atoms with Crippen molar-refractivity contribution in [3.05, 3.63) is 0 Å². The van der Waals surface area contributed by atoms with Gasteiger partial charge in [0, 0.05) is 12.0 Å². The SMILES string of the molecule is CC(C)(C)N1C(=O)CCC1C(=O)O. The summed E-state index contributed by atoms with van der Waals surface area (Å²) >= 11 is 0. The standard InChI is InChI=1S/C9H15NO3/c1-9(2,3)10-6(8(12)13)4-5-7(10)11/h6H,4-5H2,1-3H3,(H,12,13). The zero-order valence-corrected chi connectivity index (χ0v) is 8.20. The number of nitrogens with zero attached hydrogens (tertiary/aromatic N) is 1. The lowest BCUT2D eigenvalue weighted by atomic mass is 10.0. The van der Waals surface area contributed by atoms with E-state index in [1.165, 1.54) is 4.90 Å². The van der Waals surface area contributed by atoms with Crippen LogP contribution in [0.15, 0.2) is 0 Å². The maximum absolute atomic E-state index is 11.4. The summed E-state index contributed by atoms with van der Waals surface area (Å²) in [5, 5.41) is 8.87. The van der Waals surface area contributed by atoms with Gasteiger partial charge < -0.3 is 10.0 Å². The second kappa shape index (κ2) is 3.01. The third-order valence-corrected chi connectivity index (χ3v) is 2.22. The number of carbonyl (C=O) groups is 2. The minimum absolute atomic E-state index is 0.0556. The molecule has 13 heavy (non-hydrogen) atoms. The fourth-order valence-electron chi connectivity index (χ4n) is 1.76. The molecule has 1 amide bonds. The molecular weight excluding hydrogens is 170 g/mol. The number of amides is 1. The van der Waals surface area contributed by atoms with Gasteiger partial charge in [0.2, 0.25) is 5.91 Å². The summed E-state index contributed by atoms with van der Waals surface area (Å²) in [5.74, 6) is -0.958. The molecule has 0 aliphatic carbocycles. The highest BCUT2D eigenvalue weighted by atomic mass is 16.4. The minimum Gasteiger partial charge on any atom is -0.480 e. The van der Waals surface area contributed by atoms with Gasteiger partial charge in [-0.2, -0.15) is 0 Å². The Balaban J connectivity index is 2.90. The largest absolute Gasteiger partial charge is 0.480 e. The number of carboxylic acid groups (broad SMARTS) is 1. The molecule has 1 rings (SSSR count). The van der Waals surface area contributed by atoms with E-state index in [4.69, 9.17) is 5.11 Å². The fourth-order valence-corrected chi connectivity index (χ4v) is 1.76. The van der Waals surface area contributed by atoms with Gasteiger partial charge in [0.1, 0.15) is 6.04 Å². The highest BCUT2D eigenvalue weighted by Crippen LogP contribution is 2.27. The second-order valence-corrected chi connectivity index (χ2v) is 4.33. The van der Waals surface area contributed by atoms with Gasteiger partial charge in [-0.15, -0.1) is 0 Å². The Morgan fingerprint density at radius 2 is 2.08 bits per heavy atom. The van der Waals surface area contributed by atoms with Gasteiger partial charge in [-0.25, -0.2) is 4.79 Å². The highest BCUT2D eigenvalue weighted by molar-refractivity contribution is 5.87. The Labute approximate surface area is 77.5 Å². The summed E-state index contributed by atoms with van der Waals surface area (Å²) in [6, 6.07) is -0.632. The third-order valence-electron chi connectivity index (χ3n) is 2.22. The van der Waals surface area contributed by atoms with Gasteiger partial charge in [-0.3, -0.25) is 4.79 Å². The zero-order valence-electron chi connectivity index (χ0n) is 8.20. The van der Waals surface area contributed by atoms with E-state index in [2.05, 4.69) is 0 Å². The second-order valence-electron chi connectivity index (χ2n) is 4.33. The molecule has 0 aromatic heterocycles. The first-order valence-corrected chi connectivity index (χ1v) is 4.39. The maximum Gasteiger partial charge on any atom is 0.326 e. The van der Waals surface area contributed by atoms with Crippen LogP contribution in [0.4, 0.5) is 0 Å². The van der Waals surface area contributed by atoms with E-state index in [9.17, 15) is 9.59 Å². The molecule has 1 saturated heterocycles. The van der Waals surface area contributed by atoms with Gasteiger partial charge >= 0.3 is 5.97 Å². The van der Waals surface area contributed by atoms with Gasteiger partial charge in [0.15, 0.2) is 0 Å². The topological polar surface area (TPSA) is 57.6 Å². The van der Waals surface area contributed by atoms with Crippen molar-refractivity contribution in [2.24, 2.45) is 0 Å². The summed E-state index contributed by atoms with van der Waals surface area (Å²) in [6.45, 7) is 5.56. The summed E-state index contributed by atoms with van der Waals surface area (Å²) < 4.78 is 0. The van der Waals surface area contributed by atoms with Crippen LogP contribution in [-0.2, 0) is 9.59 Å². The van der Waals surface area contributed by atoms with E-state index in [0.29, 0.717) is 12.8 Å². The van der Waals surface area contributed by atoms with Gasteiger partial charge in [0.25, 0.3) is 0 Å². The molecule has 74 valence electrons. The van der Waals surface area contributed by atoms with Crippen molar-refractivity contribution in [1.82, 2.24) is 4.90 Å². The molecule has 1 heterocycles. The van der Waals surface area contributed by atoms with E-state index >= 15 is 0 Å². The lowest BCUT2D eigenvalue weighted by Gasteiger charge is -2.35. The van der Waals surface area contributed by atoms with Crippen LogP contribution in [-0.4, -0.2) is 33.5 Å². The molecule has 0 bridgehead atoms. The van der Waals surface area contributed by atoms with E-state index in [0.717, 1.165) is 0 Å². The van der Waals surface area contributed by atoms with E-state index < -0.39 is 17.6 Å². The Bertz CT molecular complexity index is 242. The predicted octanol–water partition coefficient (Wildman–Crippen LogP) is 0.861. The maximum atomic E-state index is 11.4. The van der Waals surface area contributed by atoms with E-state index in [1.807, 2.05) is 20.8 Å². The molecule has 0 saturated carbocycles.